The molecule has 0 fully saturated rings. The number of aromatic nitrogens is 1. The van der Waals surface area contributed by atoms with Gasteiger partial charge in [-0.1, -0.05) is 12.1 Å². The number of hydrogen-bond donors (Lipinski definition) is 1. The molecular weight excluding hydrogens is 294 g/mol. The molecule has 2 N–H and O–H groups in total. The molecular formula is C17H15N3O3. The summed E-state index contributed by atoms with van der Waals surface area (Å²) in [7, 11) is 1.51. The number of carbonyl (C=O) groups is 1. The minimum Gasteiger partial charge on any atom is -0.496 e. The van der Waals surface area contributed by atoms with Crippen LogP contribution in [0.25, 0.3) is 11.6 Å². The average molecular weight is 309 g/mol. The van der Waals surface area contributed by atoms with Crippen molar-refractivity contribution in [3.8, 4) is 17.6 Å². The number of rotatable bonds is 6. The molecule has 2 aromatic rings. The fourth-order valence-corrected chi connectivity index (χ4v) is 1.95. The van der Waals surface area contributed by atoms with Crippen LogP contribution in [0.3, 0.4) is 0 Å². The zero-order chi connectivity index (χ0) is 16.7. The maximum atomic E-state index is 10.9. The highest BCUT2D eigenvalue weighted by molar-refractivity contribution is 5.90. The molecule has 0 bridgehead atoms. The number of benzene rings is 1. The second-order valence-electron chi connectivity index (χ2n) is 4.51. The summed E-state index contributed by atoms with van der Waals surface area (Å²) in [6.45, 7) is -0.264. The lowest BCUT2D eigenvalue weighted by Crippen LogP contribution is -2.20. The molecule has 1 amide bonds. The molecule has 1 heterocycles. The molecule has 6 heteroatoms. The van der Waals surface area contributed by atoms with Crippen LogP contribution >= 0.6 is 0 Å². The first-order chi connectivity index (χ1) is 11.2. The molecule has 0 spiro atoms. The van der Waals surface area contributed by atoms with Gasteiger partial charge in [-0.25, -0.2) is 0 Å². The molecule has 0 saturated carbocycles. The van der Waals surface area contributed by atoms with E-state index in [4.69, 9.17) is 15.2 Å². The van der Waals surface area contributed by atoms with Gasteiger partial charge in [0.05, 0.1) is 23.9 Å². The van der Waals surface area contributed by atoms with Crippen molar-refractivity contribution in [2.45, 2.75) is 0 Å². The van der Waals surface area contributed by atoms with Crippen molar-refractivity contribution in [3.63, 3.8) is 0 Å². The Labute approximate surface area is 133 Å². The van der Waals surface area contributed by atoms with Gasteiger partial charge in [0.25, 0.3) is 5.91 Å². The van der Waals surface area contributed by atoms with E-state index < -0.39 is 5.91 Å². The van der Waals surface area contributed by atoms with Gasteiger partial charge in [-0.15, -0.1) is 0 Å². The number of carbonyl (C=O) groups excluding carboxylic acids is 1. The summed E-state index contributed by atoms with van der Waals surface area (Å²) in [4.78, 5) is 15.1. The predicted octanol–water partition coefficient (Wildman–Crippen LogP) is 2.02. The van der Waals surface area contributed by atoms with E-state index in [2.05, 4.69) is 11.1 Å². The molecule has 6 nitrogen and oxygen atoms in total. The smallest absolute Gasteiger partial charge is 0.255 e. The number of allylic oxidation sites excluding steroid dienone is 1. The quantitative estimate of drug-likeness (QED) is 0.823. The summed E-state index contributed by atoms with van der Waals surface area (Å²) in [6, 6.07) is 12.5. The van der Waals surface area contributed by atoms with E-state index in [9.17, 15) is 10.1 Å². The van der Waals surface area contributed by atoms with Crippen LogP contribution in [0.5, 0.6) is 11.5 Å². The van der Waals surface area contributed by atoms with Crippen molar-refractivity contribution in [1.29, 1.82) is 5.26 Å². The molecule has 0 unspecified atom stereocenters. The van der Waals surface area contributed by atoms with E-state index in [-0.39, 0.29) is 6.61 Å². The second-order valence-corrected chi connectivity index (χ2v) is 4.51. The van der Waals surface area contributed by atoms with Crippen LogP contribution in [0.2, 0.25) is 0 Å². The Morgan fingerprint density at radius 2 is 2.09 bits per heavy atom. The first-order valence-electron chi connectivity index (χ1n) is 6.77. The maximum absolute atomic E-state index is 10.9. The predicted molar refractivity (Wildman–Crippen MR) is 85.4 cm³/mol. The maximum Gasteiger partial charge on any atom is 0.255 e. The molecule has 0 aliphatic heterocycles. The monoisotopic (exact) mass is 309 g/mol. The third-order valence-electron chi connectivity index (χ3n) is 2.97. The summed E-state index contributed by atoms with van der Waals surface area (Å²) in [5.74, 6) is 0.315. The summed E-state index contributed by atoms with van der Waals surface area (Å²) < 4.78 is 10.7. The van der Waals surface area contributed by atoms with Gasteiger partial charge >= 0.3 is 0 Å². The SMILES string of the molecule is COc1cccc(OCC(N)=O)c1C=C(C#N)c1ccccn1. The molecule has 0 aliphatic carbocycles. The molecule has 2 rings (SSSR count). The number of pyridine rings is 1. The van der Waals surface area contributed by atoms with Crippen LogP contribution in [-0.2, 0) is 4.79 Å². The van der Waals surface area contributed by atoms with Crippen LogP contribution in [-0.4, -0.2) is 24.6 Å². The van der Waals surface area contributed by atoms with E-state index in [1.54, 1.807) is 48.7 Å². The van der Waals surface area contributed by atoms with Crippen LogP contribution in [0.15, 0.2) is 42.6 Å². The van der Waals surface area contributed by atoms with Gasteiger partial charge < -0.3 is 15.2 Å². The molecule has 1 aromatic heterocycles. The zero-order valence-electron chi connectivity index (χ0n) is 12.5. The molecule has 1 aromatic carbocycles. The minimum absolute atomic E-state index is 0.264. The van der Waals surface area contributed by atoms with Gasteiger partial charge in [-0.05, 0) is 30.3 Å². The molecule has 0 radical (unpaired) electrons. The van der Waals surface area contributed by atoms with Crippen LogP contribution in [0, 0.1) is 11.3 Å². The number of primary amides is 1. The first-order valence-corrected chi connectivity index (χ1v) is 6.77. The highest BCUT2D eigenvalue weighted by atomic mass is 16.5. The topological polar surface area (TPSA) is 98.2 Å². The Morgan fingerprint density at radius 1 is 1.30 bits per heavy atom. The number of methoxy groups -OCH3 is 1. The Morgan fingerprint density at radius 3 is 2.70 bits per heavy atom. The first kappa shape index (κ1) is 16.0. The summed E-state index contributed by atoms with van der Waals surface area (Å²) in [6.07, 6.45) is 3.21. The number of nitrogens with zero attached hydrogens (tertiary/aromatic N) is 2. The van der Waals surface area contributed by atoms with Crippen molar-refractivity contribution in [3.05, 3.63) is 53.9 Å². The lowest BCUT2D eigenvalue weighted by atomic mass is 10.1. The molecule has 116 valence electrons. The Balaban J connectivity index is 2.49. The van der Waals surface area contributed by atoms with Crippen molar-refractivity contribution >= 4 is 17.6 Å². The molecule has 0 aliphatic rings. The number of ether oxygens (including phenoxy) is 2. The zero-order valence-corrected chi connectivity index (χ0v) is 12.5. The van der Waals surface area contributed by atoms with E-state index in [1.165, 1.54) is 7.11 Å². The largest absolute Gasteiger partial charge is 0.496 e. The Kier molecular flexibility index (Phi) is 5.31. The third-order valence-corrected chi connectivity index (χ3v) is 2.97. The van der Waals surface area contributed by atoms with Crippen LogP contribution in [0.4, 0.5) is 0 Å². The second kappa shape index (κ2) is 7.61. The van der Waals surface area contributed by atoms with Crippen LogP contribution < -0.4 is 15.2 Å². The van der Waals surface area contributed by atoms with Gasteiger partial charge in [0, 0.05) is 6.20 Å². The lowest BCUT2D eigenvalue weighted by Gasteiger charge is -2.12. The molecule has 23 heavy (non-hydrogen) atoms. The lowest BCUT2D eigenvalue weighted by molar-refractivity contribution is -0.119. The van der Waals surface area contributed by atoms with Crippen LogP contribution in [0.1, 0.15) is 11.3 Å². The Hall–Kier alpha value is -3.33. The van der Waals surface area contributed by atoms with E-state index >= 15 is 0 Å². The van der Waals surface area contributed by atoms with Gasteiger partial charge in [0.1, 0.15) is 17.6 Å². The van der Waals surface area contributed by atoms with Gasteiger partial charge in [-0.3, -0.25) is 9.78 Å². The van der Waals surface area contributed by atoms with E-state index in [1.807, 2.05) is 0 Å². The molecule has 0 atom stereocenters. The Bertz CT molecular complexity index is 764. The fraction of sp³-hybridized carbons (Fsp3) is 0.118. The normalized spacial score (nSPS) is 10.7. The third kappa shape index (κ3) is 4.08. The number of nitrogens with two attached hydrogens (primary N) is 1. The number of hydrogen-bond acceptors (Lipinski definition) is 5. The fourth-order valence-electron chi connectivity index (χ4n) is 1.95. The van der Waals surface area contributed by atoms with Crippen molar-refractivity contribution in [2.75, 3.05) is 13.7 Å². The van der Waals surface area contributed by atoms with E-state index in [0.29, 0.717) is 28.3 Å². The highest BCUT2D eigenvalue weighted by Gasteiger charge is 2.12. The highest BCUT2D eigenvalue weighted by Crippen LogP contribution is 2.32. The number of nitriles is 1. The van der Waals surface area contributed by atoms with Crippen molar-refractivity contribution < 1.29 is 14.3 Å². The van der Waals surface area contributed by atoms with Crippen molar-refractivity contribution in [2.24, 2.45) is 5.73 Å². The summed E-state index contributed by atoms with van der Waals surface area (Å²) >= 11 is 0. The minimum atomic E-state index is -0.590. The van der Waals surface area contributed by atoms with Gasteiger partial charge in [0.15, 0.2) is 6.61 Å². The molecule has 0 saturated heterocycles. The van der Waals surface area contributed by atoms with Crippen molar-refractivity contribution in [1.82, 2.24) is 4.98 Å². The summed E-state index contributed by atoms with van der Waals surface area (Å²) in [5, 5.41) is 9.40. The van der Waals surface area contributed by atoms with Gasteiger partial charge in [-0.2, -0.15) is 5.26 Å². The van der Waals surface area contributed by atoms with Gasteiger partial charge in [0.2, 0.25) is 0 Å². The number of amides is 1. The standard InChI is InChI=1S/C17H15N3O3/c1-22-15-6-4-7-16(23-11-17(19)21)13(15)9-12(10-18)14-5-2-3-8-20-14/h2-9H,11H2,1H3,(H2,19,21). The summed E-state index contributed by atoms with van der Waals surface area (Å²) in [5.41, 5.74) is 6.52. The average Bonchev–Trinajstić information content (AvgIpc) is 2.58. The van der Waals surface area contributed by atoms with E-state index in [0.717, 1.165) is 0 Å².